The van der Waals surface area contributed by atoms with Crippen LogP contribution in [-0.2, 0) is 11.8 Å². The van der Waals surface area contributed by atoms with E-state index in [9.17, 15) is 9.90 Å². The number of nitrogens with two attached hydrogens (primary N) is 1. The van der Waals surface area contributed by atoms with Crippen molar-refractivity contribution in [2.24, 2.45) is 7.05 Å². The molecule has 0 spiro atoms. The first-order chi connectivity index (χ1) is 9.52. The van der Waals surface area contributed by atoms with Crippen LogP contribution in [0, 0.1) is 0 Å². The maximum Gasteiger partial charge on any atom is 0.326 e. The van der Waals surface area contributed by atoms with Gasteiger partial charge in [-0.15, -0.1) is 0 Å². The second-order valence-electron chi connectivity index (χ2n) is 4.62. The van der Waals surface area contributed by atoms with Crippen molar-refractivity contribution in [3.8, 4) is 0 Å². The van der Waals surface area contributed by atoms with Crippen LogP contribution in [-0.4, -0.2) is 36.9 Å². The number of nitrogens with zero attached hydrogens (tertiary/aromatic N) is 4. The number of unbranched alkanes of at least 4 members (excludes halogenated alkanes) is 1. The van der Waals surface area contributed by atoms with Gasteiger partial charge in [0.05, 0.1) is 11.6 Å². The minimum atomic E-state index is -0.925. The van der Waals surface area contributed by atoms with Gasteiger partial charge in [-0.2, -0.15) is 15.1 Å². The van der Waals surface area contributed by atoms with E-state index < -0.39 is 12.0 Å². The quantitative estimate of drug-likeness (QED) is 0.721. The fourth-order valence-corrected chi connectivity index (χ4v) is 1.93. The first-order valence-electron chi connectivity index (χ1n) is 6.47. The fourth-order valence-electron chi connectivity index (χ4n) is 1.93. The zero-order valence-corrected chi connectivity index (χ0v) is 11.5. The van der Waals surface area contributed by atoms with Gasteiger partial charge in [0.25, 0.3) is 0 Å². The predicted octanol–water partition coefficient (Wildman–Crippen LogP) is 1.00. The average molecular weight is 278 g/mol. The van der Waals surface area contributed by atoms with Crippen LogP contribution in [0.4, 0.5) is 11.8 Å². The van der Waals surface area contributed by atoms with E-state index in [1.807, 2.05) is 6.92 Å². The number of carboxylic acid groups (broad SMARTS) is 1. The van der Waals surface area contributed by atoms with Crippen molar-refractivity contribution in [1.82, 2.24) is 19.7 Å². The second-order valence-corrected chi connectivity index (χ2v) is 4.62. The third-order valence-corrected chi connectivity index (χ3v) is 3.07. The van der Waals surface area contributed by atoms with E-state index in [0.717, 1.165) is 12.8 Å². The third-order valence-electron chi connectivity index (χ3n) is 3.07. The zero-order chi connectivity index (χ0) is 14.7. The molecule has 0 aliphatic heterocycles. The molecule has 4 N–H and O–H groups in total. The average Bonchev–Trinajstić information content (AvgIpc) is 2.77. The van der Waals surface area contributed by atoms with E-state index in [1.54, 1.807) is 17.9 Å². The largest absolute Gasteiger partial charge is 0.480 e. The summed E-state index contributed by atoms with van der Waals surface area (Å²) in [7, 11) is 1.74. The number of nitrogens with one attached hydrogen (secondary N) is 1. The molecule has 108 valence electrons. The van der Waals surface area contributed by atoms with Crippen LogP contribution in [0.25, 0.3) is 11.0 Å². The highest BCUT2D eigenvalue weighted by Crippen LogP contribution is 2.19. The van der Waals surface area contributed by atoms with Crippen molar-refractivity contribution in [2.75, 3.05) is 11.1 Å². The number of aliphatic carboxylic acids is 1. The molecule has 0 amide bonds. The Morgan fingerprint density at radius 2 is 2.30 bits per heavy atom. The number of rotatable bonds is 6. The van der Waals surface area contributed by atoms with Crippen LogP contribution in [0.2, 0.25) is 0 Å². The van der Waals surface area contributed by atoms with Gasteiger partial charge in [0.2, 0.25) is 5.95 Å². The number of carbonyl (C=O) groups is 1. The number of anilines is 2. The summed E-state index contributed by atoms with van der Waals surface area (Å²) in [6.45, 7) is 2.01. The van der Waals surface area contributed by atoms with Gasteiger partial charge >= 0.3 is 5.97 Å². The Hall–Kier alpha value is -2.38. The number of carboxylic acids is 1. The van der Waals surface area contributed by atoms with Gasteiger partial charge < -0.3 is 16.2 Å². The molecule has 0 saturated carbocycles. The van der Waals surface area contributed by atoms with Gasteiger partial charge in [-0.25, -0.2) is 4.79 Å². The highest BCUT2D eigenvalue weighted by molar-refractivity contribution is 5.86. The highest BCUT2D eigenvalue weighted by atomic mass is 16.4. The van der Waals surface area contributed by atoms with Crippen molar-refractivity contribution >= 4 is 28.8 Å². The summed E-state index contributed by atoms with van der Waals surface area (Å²) in [4.78, 5) is 19.6. The normalized spacial score (nSPS) is 12.5. The summed E-state index contributed by atoms with van der Waals surface area (Å²) in [5.41, 5.74) is 6.40. The van der Waals surface area contributed by atoms with Crippen LogP contribution in [0.1, 0.15) is 26.2 Å². The Balaban J connectivity index is 2.27. The van der Waals surface area contributed by atoms with E-state index >= 15 is 0 Å². The lowest BCUT2D eigenvalue weighted by molar-refractivity contribution is -0.138. The molecule has 0 bridgehead atoms. The SMILES string of the molecule is CCCCC(Nc1nc(N)c2cnn(C)c2n1)C(=O)O. The van der Waals surface area contributed by atoms with Gasteiger partial charge in [-0.3, -0.25) is 4.68 Å². The van der Waals surface area contributed by atoms with E-state index in [0.29, 0.717) is 17.5 Å². The van der Waals surface area contributed by atoms with Gasteiger partial charge in [-0.05, 0) is 6.42 Å². The molecule has 2 aromatic heterocycles. The molecular formula is C12H18N6O2. The van der Waals surface area contributed by atoms with Gasteiger partial charge in [-0.1, -0.05) is 19.8 Å². The zero-order valence-electron chi connectivity index (χ0n) is 11.5. The summed E-state index contributed by atoms with van der Waals surface area (Å²) < 4.78 is 1.57. The molecular weight excluding hydrogens is 260 g/mol. The molecule has 0 aromatic carbocycles. The molecule has 8 nitrogen and oxygen atoms in total. The molecule has 1 atom stereocenters. The number of aryl methyl sites for hydroxylation is 1. The lowest BCUT2D eigenvalue weighted by Gasteiger charge is -2.14. The molecule has 2 aromatic rings. The van der Waals surface area contributed by atoms with E-state index in [1.165, 1.54) is 0 Å². The summed E-state index contributed by atoms with van der Waals surface area (Å²) in [5.74, 6) is -0.432. The molecule has 8 heteroatoms. The number of aromatic nitrogens is 4. The summed E-state index contributed by atoms with van der Waals surface area (Å²) >= 11 is 0. The van der Waals surface area contributed by atoms with Crippen LogP contribution in [0.3, 0.4) is 0 Å². The van der Waals surface area contributed by atoms with E-state index in [2.05, 4.69) is 20.4 Å². The molecule has 0 aliphatic rings. The molecule has 0 radical (unpaired) electrons. The van der Waals surface area contributed by atoms with Gasteiger partial charge in [0.15, 0.2) is 5.65 Å². The Morgan fingerprint density at radius 3 is 2.95 bits per heavy atom. The van der Waals surface area contributed by atoms with Crippen LogP contribution >= 0.6 is 0 Å². The number of fused-ring (bicyclic) bond motifs is 1. The van der Waals surface area contributed by atoms with Gasteiger partial charge in [0.1, 0.15) is 11.9 Å². The topological polar surface area (TPSA) is 119 Å². The third kappa shape index (κ3) is 2.79. The fraction of sp³-hybridized carbons (Fsp3) is 0.500. The molecule has 0 aliphatic carbocycles. The predicted molar refractivity (Wildman–Crippen MR) is 75.3 cm³/mol. The van der Waals surface area contributed by atoms with Crippen molar-refractivity contribution < 1.29 is 9.90 Å². The van der Waals surface area contributed by atoms with Crippen LogP contribution in [0.5, 0.6) is 0 Å². The standard InChI is InChI=1S/C12H18N6O2/c1-3-4-5-8(11(19)20)15-12-16-9(13)7-6-14-18(2)10(7)17-12/h6,8H,3-5H2,1-2H3,(H,19,20)(H3,13,15,16,17). The summed E-state index contributed by atoms with van der Waals surface area (Å²) in [6.07, 6.45) is 3.83. The smallest absolute Gasteiger partial charge is 0.326 e. The van der Waals surface area contributed by atoms with Crippen molar-refractivity contribution in [3.63, 3.8) is 0 Å². The Kier molecular flexibility index (Phi) is 4.02. The van der Waals surface area contributed by atoms with Crippen LogP contribution in [0.15, 0.2) is 6.20 Å². The molecule has 0 saturated heterocycles. The maximum absolute atomic E-state index is 11.2. The van der Waals surface area contributed by atoms with Crippen LogP contribution < -0.4 is 11.1 Å². The number of hydrogen-bond acceptors (Lipinski definition) is 6. The Bertz CT molecular complexity index is 624. The minimum absolute atomic E-state index is 0.210. The monoisotopic (exact) mass is 278 g/mol. The van der Waals surface area contributed by atoms with E-state index in [-0.39, 0.29) is 11.8 Å². The Morgan fingerprint density at radius 1 is 1.55 bits per heavy atom. The first-order valence-corrected chi connectivity index (χ1v) is 6.47. The molecule has 2 rings (SSSR count). The summed E-state index contributed by atoms with van der Waals surface area (Å²) in [5, 5.41) is 16.7. The van der Waals surface area contributed by atoms with Crippen molar-refractivity contribution in [2.45, 2.75) is 32.2 Å². The first kappa shape index (κ1) is 14.0. The van der Waals surface area contributed by atoms with Crippen molar-refractivity contribution in [1.29, 1.82) is 0 Å². The second kappa shape index (κ2) is 5.72. The summed E-state index contributed by atoms with van der Waals surface area (Å²) in [6, 6.07) is -0.722. The lowest BCUT2D eigenvalue weighted by atomic mass is 10.1. The van der Waals surface area contributed by atoms with E-state index in [4.69, 9.17) is 5.73 Å². The van der Waals surface area contributed by atoms with Crippen molar-refractivity contribution in [3.05, 3.63) is 6.20 Å². The highest BCUT2D eigenvalue weighted by Gasteiger charge is 2.19. The van der Waals surface area contributed by atoms with Gasteiger partial charge in [0, 0.05) is 7.05 Å². The number of nitrogen functional groups attached to an aromatic ring is 1. The Labute approximate surface area is 116 Å². The maximum atomic E-state index is 11.2. The molecule has 0 fully saturated rings. The number of hydrogen-bond donors (Lipinski definition) is 3. The molecule has 20 heavy (non-hydrogen) atoms. The minimum Gasteiger partial charge on any atom is -0.480 e. The molecule has 1 unspecified atom stereocenters. The lowest BCUT2D eigenvalue weighted by Crippen LogP contribution is -2.30. The molecule has 2 heterocycles.